The second kappa shape index (κ2) is 12.6. The number of halogens is 6. The fraction of sp³-hybridized carbons (Fsp3) is 0.758. The first-order chi connectivity index (χ1) is 19.5. The first-order valence-corrected chi connectivity index (χ1v) is 15.2. The van der Waals surface area contributed by atoms with Gasteiger partial charge in [0.1, 0.15) is 0 Å². The van der Waals surface area contributed by atoms with E-state index in [0.717, 1.165) is 43.8 Å². The van der Waals surface area contributed by atoms with Crippen LogP contribution in [0.15, 0.2) is 47.6 Å². The van der Waals surface area contributed by atoms with Gasteiger partial charge in [-0.25, -0.2) is 0 Å². The van der Waals surface area contributed by atoms with E-state index in [2.05, 4.69) is 13.5 Å². The maximum atomic E-state index is 13.4. The van der Waals surface area contributed by atoms with Crippen molar-refractivity contribution in [3.63, 3.8) is 0 Å². The molecule has 4 N–H and O–H groups in total. The van der Waals surface area contributed by atoms with E-state index in [9.17, 15) is 46.8 Å². The Bertz CT molecular complexity index is 1080. The zero-order chi connectivity index (χ0) is 32.6. The molecule has 10 heteroatoms. The normalized spacial score (nSPS) is 32.9. The summed E-state index contributed by atoms with van der Waals surface area (Å²) in [5.74, 6) is 0.139. The van der Waals surface area contributed by atoms with Crippen LogP contribution in [0.1, 0.15) is 98.3 Å². The van der Waals surface area contributed by atoms with E-state index in [1.54, 1.807) is 13.8 Å². The Labute approximate surface area is 251 Å². The third-order valence-electron chi connectivity index (χ3n) is 10.4. The zero-order valence-corrected chi connectivity index (χ0v) is 25.7. The highest BCUT2D eigenvalue weighted by Gasteiger charge is 2.69. The molecule has 0 saturated heterocycles. The van der Waals surface area contributed by atoms with Gasteiger partial charge in [0.15, 0.2) is 0 Å². The number of allylic oxidation sites excluding steroid dienone is 4. The smallest absolute Gasteiger partial charge is 0.393 e. The average molecular weight is 623 g/mol. The van der Waals surface area contributed by atoms with Crippen LogP contribution in [0.5, 0.6) is 0 Å². The molecule has 0 amide bonds. The first-order valence-electron chi connectivity index (χ1n) is 15.2. The van der Waals surface area contributed by atoms with E-state index in [0.29, 0.717) is 31.3 Å². The zero-order valence-electron chi connectivity index (χ0n) is 25.7. The summed E-state index contributed by atoms with van der Waals surface area (Å²) in [5, 5.41) is 40.3. The lowest BCUT2D eigenvalue weighted by Gasteiger charge is -2.49. The first kappa shape index (κ1) is 35.9. The fourth-order valence-electron chi connectivity index (χ4n) is 8.04. The van der Waals surface area contributed by atoms with E-state index in [-0.39, 0.29) is 36.2 Å². The summed E-state index contributed by atoms with van der Waals surface area (Å²) in [6.45, 7) is 11.4. The summed E-state index contributed by atoms with van der Waals surface area (Å²) in [4.78, 5) is 0. The molecule has 0 radical (unpaired) electrons. The van der Waals surface area contributed by atoms with Crippen molar-refractivity contribution in [2.24, 2.45) is 22.7 Å². The minimum Gasteiger partial charge on any atom is -0.393 e. The Morgan fingerprint density at radius 1 is 0.953 bits per heavy atom. The largest absolute Gasteiger partial charge is 0.429 e. The summed E-state index contributed by atoms with van der Waals surface area (Å²) in [6, 6.07) is 0. The molecule has 3 rings (SSSR count). The van der Waals surface area contributed by atoms with E-state index in [1.165, 1.54) is 5.57 Å². The van der Waals surface area contributed by atoms with Crippen LogP contribution in [-0.2, 0) is 0 Å². The van der Waals surface area contributed by atoms with E-state index < -0.39 is 41.2 Å². The van der Waals surface area contributed by atoms with E-state index in [1.807, 2.05) is 19.1 Å². The van der Waals surface area contributed by atoms with Gasteiger partial charge in [-0.1, -0.05) is 50.6 Å². The number of aliphatic hydroxyl groups is 4. The van der Waals surface area contributed by atoms with Crippen LogP contribution >= 0.6 is 0 Å². The number of hydrogen-bond donors (Lipinski definition) is 4. The summed E-state index contributed by atoms with van der Waals surface area (Å²) < 4.78 is 80.2. The van der Waals surface area contributed by atoms with Crippen molar-refractivity contribution < 1.29 is 46.8 Å². The molecule has 0 aromatic rings. The number of fused-ring (bicyclic) bond motifs is 1. The molecule has 0 spiro atoms. The van der Waals surface area contributed by atoms with Gasteiger partial charge < -0.3 is 20.4 Å². The molecule has 6 atom stereocenters. The van der Waals surface area contributed by atoms with Gasteiger partial charge in [0, 0.05) is 6.42 Å². The van der Waals surface area contributed by atoms with Crippen LogP contribution in [-0.4, -0.2) is 56.2 Å². The molecule has 0 aromatic heterocycles. The third-order valence-corrected chi connectivity index (χ3v) is 10.4. The van der Waals surface area contributed by atoms with Gasteiger partial charge >= 0.3 is 12.4 Å². The topological polar surface area (TPSA) is 80.9 Å². The van der Waals surface area contributed by atoms with Gasteiger partial charge in [-0.3, -0.25) is 0 Å². The van der Waals surface area contributed by atoms with Crippen molar-refractivity contribution in [2.45, 2.75) is 134 Å². The Hall–Kier alpha value is -1.62. The van der Waals surface area contributed by atoms with Crippen LogP contribution < -0.4 is 0 Å². The standard InChI is InChI=1S/C33H48F6O4/c1-21-23(19-24(40)20-26(21)41)11-10-22-9-6-17-30(5)25(22)12-13-27(30)29(4,15-7-14-28(2,3)42)16-8-18-31(43,32(34,35)36)33(37,38)39/h8,10-11,18,24-27,40-43H,1,6-7,9,12-17,19-20H2,2-5H3/b18-8+,22-10+,23-11-/t24-,25?,26+,27-,29+,30+/m1/s1. The molecule has 3 fully saturated rings. The Morgan fingerprint density at radius 3 is 2.16 bits per heavy atom. The molecule has 0 aliphatic heterocycles. The summed E-state index contributed by atoms with van der Waals surface area (Å²) in [5.41, 5.74) is -4.25. The van der Waals surface area contributed by atoms with Crippen molar-refractivity contribution in [1.82, 2.24) is 0 Å². The van der Waals surface area contributed by atoms with Gasteiger partial charge in [-0.2, -0.15) is 26.3 Å². The third kappa shape index (κ3) is 7.79. The predicted octanol–water partition coefficient (Wildman–Crippen LogP) is 7.88. The highest BCUT2D eigenvalue weighted by Crippen LogP contribution is 2.64. The molecule has 3 saturated carbocycles. The van der Waals surface area contributed by atoms with Crippen LogP contribution in [0.3, 0.4) is 0 Å². The molecule has 1 unspecified atom stereocenters. The van der Waals surface area contributed by atoms with Gasteiger partial charge in [0.25, 0.3) is 5.60 Å². The van der Waals surface area contributed by atoms with Crippen LogP contribution in [0.2, 0.25) is 0 Å². The molecule has 3 aliphatic rings. The Balaban J connectivity index is 1.93. The van der Waals surface area contributed by atoms with Crippen LogP contribution in [0, 0.1) is 22.7 Å². The molecular weight excluding hydrogens is 574 g/mol. The Morgan fingerprint density at radius 2 is 1.58 bits per heavy atom. The predicted molar refractivity (Wildman–Crippen MR) is 154 cm³/mol. The van der Waals surface area contributed by atoms with E-state index in [4.69, 9.17) is 0 Å². The number of hydrogen-bond acceptors (Lipinski definition) is 4. The van der Waals surface area contributed by atoms with E-state index >= 15 is 0 Å². The fourth-order valence-corrected chi connectivity index (χ4v) is 8.04. The molecule has 0 aromatic carbocycles. The highest BCUT2D eigenvalue weighted by molar-refractivity contribution is 5.38. The van der Waals surface area contributed by atoms with Gasteiger partial charge in [-0.05, 0) is 112 Å². The number of aliphatic hydroxyl groups excluding tert-OH is 2. The number of alkyl halides is 6. The maximum absolute atomic E-state index is 13.4. The van der Waals surface area contributed by atoms with Crippen molar-refractivity contribution in [3.05, 3.63) is 47.6 Å². The van der Waals surface area contributed by atoms with Crippen molar-refractivity contribution in [2.75, 3.05) is 0 Å². The van der Waals surface area contributed by atoms with Gasteiger partial charge in [0.05, 0.1) is 17.8 Å². The lowest BCUT2D eigenvalue weighted by molar-refractivity contribution is -0.347. The van der Waals surface area contributed by atoms with Gasteiger partial charge in [0.2, 0.25) is 0 Å². The summed E-state index contributed by atoms with van der Waals surface area (Å²) in [6.07, 6.45) is -2.44. The lowest BCUT2D eigenvalue weighted by atomic mass is 9.55. The van der Waals surface area contributed by atoms with Gasteiger partial charge in [-0.15, -0.1) is 0 Å². The SMILES string of the molecule is C=C1/C(=C\C=C2/CCC[C@@]3(C)C2CC[C@@H]3[C@](C)(C/C=C/C(O)(C(F)(F)F)C(F)(F)F)CCCC(C)(C)O)C[C@@H](O)C[C@@H]1O. The summed E-state index contributed by atoms with van der Waals surface area (Å²) >= 11 is 0. The van der Waals surface area contributed by atoms with Crippen molar-refractivity contribution in [3.8, 4) is 0 Å². The summed E-state index contributed by atoms with van der Waals surface area (Å²) in [7, 11) is 0. The number of rotatable bonds is 9. The second-order valence-electron chi connectivity index (χ2n) is 14.3. The highest BCUT2D eigenvalue weighted by atomic mass is 19.4. The van der Waals surface area contributed by atoms with Crippen molar-refractivity contribution in [1.29, 1.82) is 0 Å². The monoisotopic (exact) mass is 622 g/mol. The lowest BCUT2D eigenvalue weighted by Crippen LogP contribution is -2.55. The minimum absolute atomic E-state index is 0.0223. The van der Waals surface area contributed by atoms with Crippen LogP contribution in [0.4, 0.5) is 26.3 Å². The average Bonchev–Trinajstić information content (AvgIpc) is 3.21. The molecule has 246 valence electrons. The Kier molecular flexibility index (Phi) is 10.5. The minimum atomic E-state index is -5.92. The molecular formula is C33H48F6O4. The molecule has 4 nitrogen and oxygen atoms in total. The quantitative estimate of drug-likeness (QED) is 0.156. The molecule has 0 bridgehead atoms. The molecule has 0 heterocycles. The maximum Gasteiger partial charge on any atom is 0.429 e. The molecule has 3 aliphatic carbocycles. The van der Waals surface area contributed by atoms with Crippen LogP contribution in [0.25, 0.3) is 0 Å². The second-order valence-corrected chi connectivity index (χ2v) is 14.3. The van der Waals surface area contributed by atoms with Crippen molar-refractivity contribution >= 4 is 0 Å². The molecule has 43 heavy (non-hydrogen) atoms.